The second-order valence-corrected chi connectivity index (χ2v) is 13.9. The summed E-state index contributed by atoms with van der Waals surface area (Å²) < 4.78 is 8.31. The topological polar surface area (TPSA) is 76.5 Å². The normalized spacial score (nSPS) is 15.5. The summed E-state index contributed by atoms with van der Waals surface area (Å²) in [5, 5.41) is 3.98. The highest BCUT2D eigenvalue weighted by atomic mass is 79.9. The molecular formula is C33H43BrN4O3. The van der Waals surface area contributed by atoms with Crippen molar-refractivity contribution in [2.45, 2.75) is 80.0 Å². The van der Waals surface area contributed by atoms with Crippen LogP contribution in [0.1, 0.15) is 88.5 Å². The zero-order chi connectivity index (χ0) is 29.9. The van der Waals surface area contributed by atoms with Gasteiger partial charge in [0.2, 0.25) is 0 Å². The molecule has 1 aliphatic heterocycles. The predicted molar refractivity (Wildman–Crippen MR) is 169 cm³/mol. The molecule has 41 heavy (non-hydrogen) atoms. The van der Waals surface area contributed by atoms with Gasteiger partial charge in [0.25, 0.3) is 5.91 Å². The van der Waals surface area contributed by atoms with Crippen molar-refractivity contribution >= 4 is 44.9 Å². The van der Waals surface area contributed by atoms with Crippen molar-refractivity contribution in [3.05, 3.63) is 69.6 Å². The van der Waals surface area contributed by atoms with Gasteiger partial charge in [0, 0.05) is 46.6 Å². The fraction of sp³-hybridized carbons (Fsp3) is 0.485. The molecule has 3 heterocycles. The number of halogens is 1. The Balaban J connectivity index is 1.59. The van der Waals surface area contributed by atoms with Crippen LogP contribution in [0.2, 0.25) is 0 Å². The van der Waals surface area contributed by atoms with Gasteiger partial charge in [-0.25, -0.2) is 9.36 Å². The number of likely N-dealkylation sites (tertiary alicyclic amines) is 1. The summed E-state index contributed by atoms with van der Waals surface area (Å²) in [6, 6.07) is 8.07. The van der Waals surface area contributed by atoms with Crippen molar-refractivity contribution < 1.29 is 14.3 Å². The van der Waals surface area contributed by atoms with E-state index in [1.807, 2.05) is 58.0 Å². The molecule has 0 atom stereocenters. The number of allylic oxidation sites excluding steroid dienone is 1. The van der Waals surface area contributed by atoms with Crippen molar-refractivity contribution in [1.82, 2.24) is 19.8 Å². The van der Waals surface area contributed by atoms with Gasteiger partial charge in [-0.2, -0.15) is 0 Å². The molecule has 1 N–H and O–H groups in total. The predicted octanol–water partition coefficient (Wildman–Crippen LogP) is 7.80. The number of nitrogens with one attached hydrogen (secondary N) is 1. The van der Waals surface area contributed by atoms with Crippen molar-refractivity contribution in [2.75, 3.05) is 13.1 Å². The van der Waals surface area contributed by atoms with Crippen molar-refractivity contribution in [2.24, 2.45) is 11.3 Å². The molecule has 220 valence electrons. The molecule has 0 unspecified atom stereocenters. The molecule has 1 saturated heterocycles. The zero-order valence-corrected chi connectivity index (χ0v) is 27.0. The van der Waals surface area contributed by atoms with E-state index in [1.165, 1.54) is 0 Å². The largest absolute Gasteiger partial charge is 0.443 e. The molecule has 2 aromatic heterocycles. The SMILES string of the molecule is C/C=C\c1c(Br)cncc1C(=O)NCc1ccc2cc(CN3CCC(C(C)(C)C)CC3)n(C(=O)OC(C)(C)C)c2c1. The van der Waals surface area contributed by atoms with Crippen molar-refractivity contribution in [1.29, 1.82) is 0 Å². The molecule has 1 aromatic carbocycles. The average molecular weight is 624 g/mol. The summed E-state index contributed by atoms with van der Waals surface area (Å²) >= 11 is 3.49. The number of hydrogen-bond acceptors (Lipinski definition) is 5. The van der Waals surface area contributed by atoms with Gasteiger partial charge in [0.15, 0.2) is 0 Å². The molecule has 8 heteroatoms. The lowest BCUT2D eigenvalue weighted by molar-refractivity contribution is 0.0531. The number of fused-ring (bicyclic) bond motifs is 1. The van der Waals surface area contributed by atoms with Crippen LogP contribution < -0.4 is 5.32 Å². The second-order valence-electron chi connectivity index (χ2n) is 13.0. The maximum Gasteiger partial charge on any atom is 0.419 e. The van der Waals surface area contributed by atoms with E-state index in [0.717, 1.165) is 58.1 Å². The Kier molecular flexibility index (Phi) is 9.44. The van der Waals surface area contributed by atoms with Gasteiger partial charge in [-0.15, -0.1) is 0 Å². The number of aromatic nitrogens is 2. The minimum Gasteiger partial charge on any atom is -0.443 e. The molecule has 0 saturated carbocycles. The van der Waals surface area contributed by atoms with Crippen LogP contribution in [0.5, 0.6) is 0 Å². The molecule has 1 amide bonds. The summed E-state index contributed by atoms with van der Waals surface area (Å²) in [6.45, 7) is 17.5. The summed E-state index contributed by atoms with van der Waals surface area (Å²) in [5.74, 6) is 0.490. The van der Waals surface area contributed by atoms with Gasteiger partial charge < -0.3 is 10.1 Å². The average Bonchev–Trinajstić information content (AvgIpc) is 3.24. The molecule has 0 aliphatic carbocycles. The van der Waals surface area contributed by atoms with Crippen molar-refractivity contribution in [3.8, 4) is 0 Å². The number of piperidine rings is 1. The van der Waals surface area contributed by atoms with E-state index in [9.17, 15) is 9.59 Å². The third kappa shape index (κ3) is 7.66. The molecule has 1 fully saturated rings. The van der Waals surface area contributed by atoms with Crippen LogP contribution in [0.4, 0.5) is 4.79 Å². The monoisotopic (exact) mass is 622 g/mol. The van der Waals surface area contributed by atoms with Crippen LogP contribution in [0.25, 0.3) is 17.0 Å². The number of amides is 1. The molecule has 0 bridgehead atoms. The number of benzene rings is 1. The molecule has 7 nitrogen and oxygen atoms in total. The first-order chi connectivity index (χ1) is 19.3. The number of ether oxygens (including phenoxy) is 1. The summed E-state index contributed by atoms with van der Waals surface area (Å²) in [6.07, 6.45) is 8.95. The maximum atomic E-state index is 13.5. The quantitative estimate of drug-likeness (QED) is 0.303. The number of carbonyl (C=O) groups excluding carboxylic acids is 2. The van der Waals surface area contributed by atoms with Crippen LogP contribution in [0.3, 0.4) is 0 Å². The lowest BCUT2D eigenvalue weighted by atomic mass is 9.75. The van der Waals surface area contributed by atoms with E-state index in [0.29, 0.717) is 30.0 Å². The lowest BCUT2D eigenvalue weighted by Crippen LogP contribution is -2.38. The Bertz CT molecular complexity index is 1440. The van der Waals surface area contributed by atoms with Gasteiger partial charge in [-0.1, -0.05) is 45.1 Å². The summed E-state index contributed by atoms with van der Waals surface area (Å²) in [7, 11) is 0. The number of nitrogens with zero attached hydrogens (tertiary/aromatic N) is 3. The maximum absolute atomic E-state index is 13.5. The Hall–Kier alpha value is -2.97. The summed E-state index contributed by atoms with van der Waals surface area (Å²) in [4.78, 5) is 33.2. The van der Waals surface area contributed by atoms with Gasteiger partial charge in [0.1, 0.15) is 5.60 Å². The van der Waals surface area contributed by atoms with Gasteiger partial charge in [0.05, 0.1) is 11.1 Å². The highest BCUT2D eigenvalue weighted by Crippen LogP contribution is 2.35. The van der Waals surface area contributed by atoms with Crippen LogP contribution in [-0.2, 0) is 17.8 Å². The zero-order valence-electron chi connectivity index (χ0n) is 25.4. The second kappa shape index (κ2) is 12.5. The first-order valence-electron chi connectivity index (χ1n) is 14.4. The fourth-order valence-electron chi connectivity index (χ4n) is 5.48. The van der Waals surface area contributed by atoms with Crippen molar-refractivity contribution in [3.63, 3.8) is 0 Å². The molecule has 4 rings (SSSR count). The standard InChI is InChI=1S/C33H43BrN4O3/c1-8-9-26-27(19-35-20-28(26)34)30(39)36-18-22-10-11-23-17-25(21-37-14-12-24(13-15-37)32(2,3)4)38(29(23)16-22)31(40)41-33(5,6)7/h8-11,16-17,19-20,24H,12-15,18,21H2,1-7H3,(H,36,39)/b9-8-. The first-order valence-corrected chi connectivity index (χ1v) is 15.2. The van der Waals surface area contributed by atoms with Crippen LogP contribution >= 0.6 is 15.9 Å². The number of pyridine rings is 1. The smallest absolute Gasteiger partial charge is 0.419 e. The van der Waals surface area contributed by atoms with E-state index >= 15 is 0 Å². The number of rotatable bonds is 6. The lowest BCUT2D eigenvalue weighted by Gasteiger charge is -2.38. The highest BCUT2D eigenvalue weighted by Gasteiger charge is 2.30. The van der Waals surface area contributed by atoms with Gasteiger partial charge >= 0.3 is 6.09 Å². The summed E-state index contributed by atoms with van der Waals surface area (Å²) in [5.41, 5.74) is 3.56. The number of carbonyl (C=O) groups is 2. The third-order valence-electron chi connectivity index (χ3n) is 7.69. The van der Waals surface area contributed by atoms with E-state index in [4.69, 9.17) is 4.74 Å². The van der Waals surface area contributed by atoms with Crippen LogP contribution in [0.15, 0.2) is 47.2 Å². The molecule has 3 aromatic rings. The fourth-order valence-corrected chi connectivity index (χ4v) is 5.94. The molecule has 1 aliphatic rings. The Labute approximate surface area is 252 Å². The van der Waals surface area contributed by atoms with Gasteiger partial charge in [-0.3, -0.25) is 14.7 Å². The molecule has 0 spiro atoms. The van der Waals surface area contributed by atoms with E-state index in [1.54, 1.807) is 17.0 Å². The minimum absolute atomic E-state index is 0.214. The minimum atomic E-state index is -0.621. The van der Waals surface area contributed by atoms with E-state index < -0.39 is 5.60 Å². The number of hydrogen-bond donors (Lipinski definition) is 1. The van der Waals surface area contributed by atoms with Crippen LogP contribution in [0, 0.1) is 11.3 Å². The Morgan fingerprint density at radius 1 is 1.10 bits per heavy atom. The molecule has 0 radical (unpaired) electrons. The van der Waals surface area contributed by atoms with E-state index in [-0.39, 0.29) is 12.0 Å². The Morgan fingerprint density at radius 3 is 2.44 bits per heavy atom. The van der Waals surface area contributed by atoms with Crippen LogP contribution in [-0.4, -0.2) is 45.1 Å². The third-order valence-corrected chi connectivity index (χ3v) is 8.32. The highest BCUT2D eigenvalue weighted by molar-refractivity contribution is 9.10. The Morgan fingerprint density at radius 2 is 1.80 bits per heavy atom. The van der Waals surface area contributed by atoms with E-state index in [2.05, 4.69) is 58.0 Å². The van der Waals surface area contributed by atoms with Gasteiger partial charge in [-0.05, 0) is 98.6 Å². The first kappa shape index (κ1) is 31.0. The molecular weight excluding hydrogens is 580 g/mol.